The van der Waals surface area contributed by atoms with Crippen LogP contribution in [0.4, 0.5) is 4.39 Å². The highest BCUT2D eigenvalue weighted by molar-refractivity contribution is 6.30. The lowest BCUT2D eigenvalue weighted by Gasteiger charge is -2.36. The van der Waals surface area contributed by atoms with Gasteiger partial charge in [0.2, 0.25) is 5.91 Å². The van der Waals surface area contributed by atoms with E-state index in [-0.39, 0.29) is 47.9 Å². The highest BCUT2D eigenvalue weighted by atomic mass is 35.5. The molecule has 0 bridgehead atoms. The van der Waals surface area contributed by atoms with Gasteiger partial charge in [-0.15, -0.1) is 0 Å². The maximum absolute atomic E-state index is 14.0. The maximum atomic E-state index is 14.0. The van der Waals surface area contributed by atoms with Gasteiger partial charge in [-0.3, -0.25) is 28.4 Å². The molecule has 0 saturated carbocycles. The summed E-state index contributed by atoms with van der Waals surface area (Å²) in [6.07, 6.45) is 5.76. The molecule has 7 aromatic rings. The van der Waals surface area contributed by atoms with E-state index in [1.807, 2.05) is 61.6 Å². The lowest BCUT2D eigenvalue weighted by molar-refractivity contribution is -0.121. The molecule has 18 heteroatoms. The van der Waals surface area contributed by atoms with Gasteiger partial charge in [-0.05, 0) is 86.2 Å². The number of aliphatic hydroxyl groups is 1. The Labute approximate surface area is 421 Å². The molecule has 2 amide bonds. The fraction of sp³-hybridized carbons (Fsp3) is 0.333. The first kappa shape index (κ1) is 52.6. The van der Waals surface area contributed by atoms with Crippen LogP contribution >= 0.6 is 11.6 Å². The predicted molar refractivity (Wildman–Crippen MR) is 275 cm³/mol. The number of halogens is 2. The summed E-state index contributed by atoms with van der Waals surface area (Å²) in [5.74, 6) is -0.927. The zero-order chi connectivity index (χ0) is 51.2. The second-order valence-corrected chi connectivity index (χ2v) is 18.5. The number of hydrogen-bond acceptors (Lipinski definition) is 11. The number of carbonyl (C=O) groups is 3. The van der Waals surface area contributed by atoms with E-state index in [1.54, 1.807) is 36.0 Å². The Hall–Kier alpha value is -7.18. The standard InChI is InChI=1S/C44H47ClFN9O6.C10H12O/c1-52-20-17-44(60,18-21-52)27-54-28-49-38-39(43(54)59)51-53(2)40(38)31-11-9-29(10-12-31)26-48-37(56)8-3-4-22-61-23-19-47-41(57)35-25-36(30-13-15-32(45)16-14-30)50-55(42(35)58)34-7-5-6-33(46)24-34;1-9(7-8-11)10-5-3-2-4-6-10/h5-7,9-16,24-25,28,60H,3-4,8,17-23,26-27H2,1-2H3,(H,47,57)(H,48,56);2-6,8-9H,7H2,1H3. The van der Waals surface area contributed by atoms with Crippen LogP contribution in [0.15, 0.2) is 125 Å². The number of fused-ring (bicyclic) bond motifs is 1. The molecule has 72 heavy (non-hydrogen) atoms. The number of aldehydes is 1. The van der Waals surface area contributed by atoms with Gasteiger partial charge in [-0.1, -0.05) is 91.3 Å². The molecule has 1 atom stereocenters. The number of aryl methyl sites for hydroxylation is 1. The third-order valence-corrected chi connectivity index (χ3v) is 12.8. The van der Waals surface area contributed by atoms with Crippen LogP contribution in [0.2, 0.25) is 5.02 Å². The number of amides is 2. The van der Waals surface area contributed by atoms with Crippen molar-refractivity contribution in [1.82, 2.24) is 44.6 Å². The molecule has 0 aliphatic carbocycles. The smallest absolute Gasteiger partial charge is 0.284 e. The van der Waals surface area contributed by atoms with Crippen LogP contribution in [0, 0.1) is 5.82 Å². The van der Waals surface area contributed by atoms with Gasteiger partial charge < -0.3 is 30.2 Å². The summed E-state index contributed by atoms with van der Waals surface area (Å²) < 4.78 is 23.8. The summed E-state index contributed by atoms with van der Waals surface area (Å²) in [5, 5.41) is 26.1. The van der Waals surface area contributed by atoms with Crippen molar-refractivity contribution >= 4 is 40.7 Å². The molecule has 1 aliphatic rings. The number of ether oxygens (including phenoxy) is 1. The van der Waals surface area contributed by atoms with E-state index in [1.165, 1.54) is 40.7 Å². The first-order valence-corrected chi connectivity index (χ1v) is 24.3. The number of benzene rings is 4. The van der Waals surface area contributed by atoms with E-state index in [0.29, 0.717) is 85.1 Å². The first-order valence-electron chi connectivity index (χ1n) is 23.9. The van der Waals surface area contributed by atoms with Crippen molar-refractivity contribution in [1.29, 1.82) is 0 Å². The zero-order valence-corrected chi connectivity index (χ0v) is 41.4. The molecule has 3 N–H and O–H groups in total. The molecular weight excluding hydrogens is 941 g/mol. The van der Waals surface area contributed by atoms with Gasteiger partial charge in [0.1, 0.15) is 23.2 Å². The second-order valence-electron chi connectivity index (χ2n) is 18.0. The van der Waals surface area contributed by atoms with Crippen molar-refractivity contribution in [2.24, 2.45) is 7.05 Å². The second kappa shape index (κ2) is 24.8. The van der Waals surface area contributed by atoms with E-state index in [9.17, 15) is 33.5 Å². The van der Waals surface area contributed by atoms with Crippen LogP contribution in [0.25, 0.3) is 39.2 Å². The number of hydrogen-bond donors (Lipinski definition) is 3. The van der Waals surface area contributed by atoms with Gasteiger partial charge in [0.05, 0.1) is 42.2 Å². The Morgan fingerprint density at radius 3 is 2.29 bits per heavy atom. The van der Waals surface area contributed by atoms with Crippen LogP contribution in [-0.4, -0.2) is 103 Å². The van der Waals surface area contributed by atoms with Gasteiger partial charge >= 0.3 is 0 Å². The third kappa shape index (κ3) is 13.8. The number of aromatic nitrogens is 6. The fourth-order valence-corrected chi connectivity index (χ4v) is 8.42. The van der Waals surface area contributed by atoms with E-state index < -0.39 is 22.9 Å². The molecule has 1 aliphatic heterocycles. The normalized spacial score (nSPS) is 13.8. The van der Waals surface area contributed by atoms with Crippen molar-refractivity contribution in [2.75, 3.05) is 39.9 Å². The highest BCUT2D eigenvalue weighted by Gasteiger charge is 2.32. The number of likely N-dealkylation sites (tertiary alicyclic amines) is 1. The van der Waals surface area contributed by atoms with Crippen molar-refractivity contribution in [3.8, 4) is 28.2 Å². The maximum Gasteiger partial charge on any atom is 0.284 e. The molecule has 8 rings (SSSR count). The summed E-state index contributed by atoms with van der Waals surface area (Å²) in [6.45, 7) is 4.78. The molecule has 16 nitrogen and oxygen atoms in total. The lowest BCUT2D eigenvalue weighted by atomic mass is 9.91. The van der Waals surface area contributed by atoms with E-state index in [2.05, 4.69) is 37.6 Å². The van der Waals surface area contributed by atoms with Gasteiger partial charge in [-0.25, -0.2) is 9.37 Å². The molecule has 1 fully saturated rings. The van der Waals surface area contributed by atoms with Crippen molar-refractivity contribution in [3.63, 3.8) is 0 Å². The molecule has 1 saturated heterocycles. The van der Waals surface area contributed by atoms with Crippen LogP contribution < -0.4 is 21.8 Å². The highest BCUT2D eigenvalue weighted by Crippen LogP contribution is 2.27. The average molecular weight is 1000 g/mol. The molecular formula is C54H59ClFN9O7. The minimum absolute atomic E-state index is 0.0985. The van der Waals surface area contributed by atoms with Gasteiger partial charge in [0.25, 0.3) is 17.0 Å². The van der Waals surface area contributed by atoms with Crippen molar-refractivity contribution in [2.45, 2.75) is 70.1 Å². The Balaban J connectivity index is 0.000000611. The van der Waals surface area contributed by atoms with Crippen molar-refractivity contribution in [3.05, 3.63) is 164 Å². The van der Waals surface area contributed by atoms with E-state index in [0.717, 1.165) is 41.3 Å². The molecule has 4 aromatic carbocycles. The quantitative estimate of drug-likeness (QED) is 0.0565. The number of unbranched alkanes of at least 4 members (excludes halogenated alkanes) is 1. The Kier molecular flexibility index (Phi) is 18.1. The predicted octanol–water partition coefficient (Wildman–Crippen LogP) is 6.87. The fourth-order valence-electron chi connectivity index (χ4n) is 8.30. The van der Waals surface area contributed by atoms with Crippen LogP contribution in [0.5, 0.6) is 0 Å². The van der Waals surface area contributed by atoms with Crippen molar-refractivity contribution < 1.29 is 28.6 Å². The molecule has 3 aromatic heterocycles. The number of carbonyl (C=O) groups excluding carboxylic acids is 3. The molecule has 1 unspecified atom stereocenters. The summed E-state index contributed by atoms with van der Waals surface area (Å²) in [5.41, 5.74) is 3.35. The first-order chi connectivity index (χ1) is 34.7. The number of rotatable bonds is 19. The zero-order valence-electron chi connectivity index (χ0n) is 40.6. The van der Waals surface area contributed by atoms with E-state index in [4.69, 9.17) is 16.3 Å². The molecule has 376 valence electrons. The average Bonchev–Trinajstić information content (AvgIpc) is 3.73. The lowest BCUT2D eigenvalue weighted by Crippen LogP contribution is -2.47. The third-order valence-electron chi connectivity index (χ3n) is 12.6. The summed E-state index contributed by atoms with van der Waals surface area (Å²) in [7, 11) is 3.78. The van der Waals surface area contributed by atoms with Gasteiger partial charge in [0, 0.05) is 68.8 Å². The Morgan fingerprint density at radius 1 is 0.861 bits per heavy atom. The number of piperidine rings is 1. The van der Waals surface area contributed by atoms with Gasteiger partial charge in [0.15, 0.2) is 5.52 Å². The molecule has 0 spiro atoms. The SMILES string of the molecule is CC(CC=O)c1ccccc1.CN1CCC(O)(Cn2cnc3c(-c4ccc(CNC(=O)CCCCOCCNC(=O)c5cc(-c6ccc(Cl)cc6)nn(-c6cccc(F)c6)c5=O)cc4)n(C)nc3c2=O)CC1. The Morgan fingerprint density at radius 2 is 1.58 bits per heavy atom. The van der Waals surface area contributed by atoms with Crippen LogP contribution in [0.3, 0.4) is 0 Å². The summed E-state index contributed by atoms with van der Waals surface area (Å²) in [6, 6.07) is 31.2. The minimum Gasteiger partial charge on any atom is -0.388 e. The summed E-state index contributed by atoms with van der Waals surface area (Å²) in [4.78, 5) is 69.4. The number of nitrogens with zero attached hydrogens (tertiary/aromatic N) is 7. The van der Waals surface area contributed by atoms with Gasteiger partial charge in [-0.2, -0.15) is 14.9 Å². The molecule has 0 radical (unpaired) electrons. The summed E-state index contributed by atoms with van der Waals surface area (Å²) >= 11 is 6.04. The minimum atomic E-state index is -0.966. The van der Waals surface area contributed by atoms with Crippen LogP contribution in [-0.2, 0) is 34.5 Å². The Bertz CT molecular complexity index is 3080. The van der Waals surface area contributed by atoms with Crippen LogP contribution in [0.1, 0.15) is 72.9 Å². The molecule has 4 heterocycles. The topological polar surface area (TPSA) is 196 Å². The monoisotopic (exact) mass is 999 g/mol. The number of nitrogens with one attached hydrogen (secondary N) is 2. The largest absolute Gasteiger partial charge is 0.388 e. The van der Waals surface area contributed by atoms with E-state index >= 15 is 0 Å².